The summed E-state index contributed by atoms with van der Waals surface area (Å²) in [7, 11) is 0. The molecule has 3 rings (SSSR count). The van der Waals surface area contributed by atoms with Crippen molar-refractivity contribution in [1.82, 2.24) is 4.90 Å². The molecule has 126 valence electrons. The summed E-state index contributed by atoms with van der Waals surface area (Å²) in [6.07, 6.45) is 5.54. The van der Waals surface area contributed by atoms with Gasteiger partial charge in [0.15, 0.2) is 0 Å². The molecule has 4 atom stereocenters. The zero-order chi connectivity index (χ0) is 15.4. The molecule has 0 aromatic rings. The fraction of sp³-hybridized carbons (Fsp3) is 0.938. The third-order valence-corrected chi connectivity index (χ3v) is 4.87. The van der Waals surface area contributed by atoms with Crippen molar-refractivity contribution in [1.29, 1.82) is 0 Å². The molecule has 0 spiro atoms. The molecule has 4 unspecified atom stereocenters. The highest BCUT2D eigenvalue weighted by Crippen LogP contribution is 2.30. The zero-order valence-corrected chi connectivity index (χ0v) is 13.4. The molecular weight excluding hydrogens is 286 g/mol. The number of nitrogens with zero attached hydrogens (tertiary/aromatic N) is 1. The van der Waals surface area contributed by atoms with Crippen LogP contribution in [-0.2, 0) is 23.7 Å². The van der Waals surface area contributed by atoms with Gasteiger partial charge >= 0.3 is 0 Å². The lowest BCUT2D eigenvalue weighted by Crippen LogP contribution is -2.41. The van der Waals surface area contributed by atoms with E-state index in [9.17, 15) is 4.79 Å². The van der Waals surface area contributed by atoms with Crippen LogP contribution in [0.3, 0.4) is 0 Å². The summed E-state index contributed by atoms with van der Waals surface area (Å²) in [6.45, 7) is 4.76. The Bertz CT molecular complexity index is 372. The Kier molecular flexibility index (Phi) is 5.68. The van der Waals surface area contributed by atoms with E-state index >= 15 is 0 Å². The van der Waals surface area contributed by atoms with E-state index in [-0.39, 0.29) is 36.9 Å². The summed E-state index contributed by atoms with van der Waals surface area (Å²) in [5, 5.41) is 0. The molecular formula is C16H27NO5. The minimum Gasteiger partial charge on any atom is -0.376 e. The topological polar surface area (TPSA) is 57.2 Å². The van der Waals surface area contributed by atoms with Gasteiger partial charge < -0.3 is 23.8 Å². The molecule has 3 fully saturated rings. The first-order valence-corrected chi connectivity index (χ1v) is 8.50. The van der Waals surface area contributed by atoms with Crippen molar-refractivity contribution >= 4 is 5.91 Å². The van der Waals surface area contributed by atoms with E-state index in [0.717, 1.165) is 38.7 Å². The Labute approximate surface area is 132 Å². The predicted octanol–water partition coefficient (Wildman–Crippen LogP) is 1.32. The highest BCUT2D eigenvalue weighted by Gasteiger charge is 2.36. The van der Waals surface area contributed by atoms with Crippen LogP contribution in [0.4, 0.5) is 0 Å². The summed E-state index contributed by atoms with van der Waals surface area (Å²) in [4.78, 5) is 14.2. The van der Waals surface area contributed by atoms with Crippen LogP contribution >= 0.6 is 0 Å². The first kappa shape index (κ1) is 16.2. The Morgan fingerprint density at radius 3 is 2.82 bits per heavy atom. The Balaban J connectivity index is 1.40. The summed E-state index contributed by atoms with van der Waals surface area (Å²) < 4.78 is 22.5. The highest BCUT2D eigenvalue weighted by atomic mass is 16.7. The Hall–Kier alpha value is -0.690. The molecule has 0 aromatic heterocycles. The molecule has 2 heterocycles. The Morgan fingerprint density at radius 1 is 1.18 bits per heavy atom. The second-order valence-corrected chi connectivity index (χ2v) is 6.34. The van der Waals surface area contributed by atoms with Crippen LogP contribution in [0.15, 0.2) is 0 Å². The van der Waals surface area contributed by atoms with Crippen LogP contribution in [-0.4, -0.2) is 68.3 Å². The van der Waals surface area contributed by atoms with Gasteiger partial charge in [-0.25, -0.2) is 0 Å². The van der Waals surface area contributed by atoms with E-state index < -0.39 is 0 Å². The number of fused-ring (bicyclic) bond motifs is 1. The molecule has 2 saturated heterocycles. The number of likely N-dealkylation sites (N-methyl/N-ethyl adjacent to an activating group) is 1. The van der Waals surface area contributed by atoms with E-state index in [1.807, 2.05) is 11.8 Å². The molecule has 22 heavy (non-hydrogen) atoms. The van der Waals surface area contributed by atoms with Gasteiger partial charge in [0.2, 0.25) is 5.91 Å². The van der Waals surface area contributed by atoms with Crippen LogP contribution in [0.25, 0.3) is 0 Å². The van der Waals surface area contributed by atoms with Gasteiger partial charge in [0.25, 0.3) is 0 Å². The summed E-state index contributed by atoms with van der Waals surface area (Å²) in [5.74, 6) is 0.0590. The lowest BCUT2D eigenvalue weighted by Gasteiger charge is -2.30. The number of carbonyl (C=O) groups is 1. The first-order chi connectivity index (χ1) is 10.8. The normalized spacial score (nSPS) is 34.6. The van der Waals surface area contributed by atoms with Gasteiger partial charge in [-0.05, 0) is 32.6 Å². The highest BCUT2D eigenvalue weighted by molar-refractivity contribution is 5.77. The molecule has 0 radical (unpaired) electrons. The average Bonchev–Trinajstić information content (AvgIpc) is 3.20. The minimum absolute atomic E-state index is 0.0590. The predicted molar refractivity (Wildman–Crippen MR) is 79.4 cm³/mol. The van der Waals surface area contributed by atoms with Crippen molar-refractivity contribution in [3.05, 3.63) is 0 Å². The third kappa shape index (κ3) is 3.98. The van der Waals surface area contributed by atoms with Crippen LogP contribution in [0, 0.1) is 0 Å². The quantitative estimate of drug-likeness (QED) is 0.740. The van der Waals surface area contributed by atoms with Crippen LogP contribution in [0.1, 0.15) is 39.0 Å². The van der Waals surface area contributed by atoms with Gasteiger partial charge in [0, 0.05) is 26.1 Å². The van der Waals surface area contributed by atoms with E-state index in [1.165, 1.54) is 0 Å². The minimum atomic E-state index is 0.0590. The average molecular weight is 313 g/mol. The smallest absolute Gasteiger partial charge is 0.248 e. The van der Waals surface area contributed by atoms with Crippen molar-refractivity contribution in [2.75, 3.05) is 33.1 Å². The number of carbonyl (C=O) groups excluding carboxylic acids is 1. The molecule has 1 saturated carbocycles. The van der Waals surface area contributed by atoms with Crippen molar-refractivity contribution in [2.45, 2.75) is 63.4 Å². The summed E-state index contributed by atoms with van der Waals surface area (Å²) in [6, 6.07) is 0. The molecule has 0 N–H and O–H groups in total. The second kappa shape index (κ2) is 7.73. The van der Waals surface area contributed by atoms with Crippen molar-refractivity contribution in [3.8, 4) is 0 Å². The number of ether oxygens (including phenoxy) is 4. The van der Waals surface area contributed by atoms with Gasteiger partial charge in [-0.2, -0.15) is 0 Å². The van der Waals surface area contributed by atoms with E-state index in [4.69, 9.17) is 18.9 Å². The SMILES string of the molecule is CCN(CC1CCCO1)C(=O)COC1CCC2OCOC2C1. The van der Waals surface area contributed by atoms with Crippen molar-refractivity contribution in [3.63, 3.8) is 0 Å². The first-order valence-electron chi connectivity index (χ1n) is 8.50. The standard InChI is InChI=1S/C16H27NO5/c1-2-17(9-13-4-3-7-19-13)16(18)10-20-12-5-6-14-15(8-12)22-11-21-14/h12-15H,2-11H2,1H3. The molecule has 0 bridgehead atoms. The number of amides is 1. The second-order valence-electron chi connectivity index (χ2n) is 6.34. The maximum absolute atomic E-state index is 12.3. The van der Waals surface area contributed by atoms with Gasteiger partial charge in [-0.1, -0.05) is 0 Å². The van der Waals surface area contributed by atoms with Gasteiger partial charge in [0.05, 0.1) is 24.4 Å². The molecule has 1 amide bonds. The van der Waals surface area contributed by atoms with Gasteiger partial charge in [-0.15, -0.1) is 0 Å². The zero-order valence-electron chi connectivity index (χ0n) is 13.4. The molecule has 1 aliphatic carbocycles. The maximum Gasteiger partial charge on any atom is 0.248 e. The van der Waals surface area contributed by atoms with E-state index in [1.54, 1.807) is 0 Å². The lowest BCUT2D eigenvalue weighted by atomic mass is 9.92. The van der Waals surface area contributed by atoms with E-state index in [0.29, 0.717) is 19.9 Å². The number of hydrogen-bond donors (Lipinski definition) is 0. The van der Waals surface area contributed by atoms with Crippen LogP contribution < -0.4 is 0 Å². The molecule has 2 aliphatic heterocycles. The van der Waals surface area contributed by atoms with Gasteiger partial charge in [0.1, 0.15) is 13.4 Å². The lowest BCUT2D eigenvalue weighted by molar-refractivity contribution is -0.141. The van der Waals surface area contributed by atoms with E-state index in [2.05, 4.69) is 0 Å². The fourth-order valence-electron chi connectivity index (χ4n) is 3.52. The molecule has 0 aromatic carbocycles. The van der Waals surface area contributed by atoms with Crippen LogP contribution in [0.5, 0.6) is 0 Å². The van der Waals surface area contributed by atoms with Crippen LogP contribution in [0.2, 0.25) is 0 Å². The van der Waals surface area contributed by atoms with Gasteiger partial charge in [-0.3, -0.25) is 4.79 Å². The maximum atomic E-state index is 12.3. The summed E-state index contributed by atoms with van der Waals surface area (Å²) in [5.41, 5.74) is 0. The largest absolute Gasteiger partial charge is 0.376 e. The third-order valence-electron chi connectivity index (χ3n) is 4.87. The van der Waals surface area contributed by atoms with Crippen molar-refractivity contribution < 1.29 is 23.7 Å². The molecule has 3 aliphatic rings. The summed E-state index contributed by atoms with van der Waals surface area (Å²) >= 11 is 0. The van der Waals surface area contributed by atoms with Crippen molar-refractivity contribution in [2.24, 2.45) is 0 Å². The molecule has 6 heteroatoms. The fourth-order valence-corrected chi connectivity index (χ4v) is 3.52. The number of hydrogen-bond acceptors (Lipinski definition) is 5. The number of rotatable bonds is 6. The monoisotopic (exact) mass is 313 g/mol. The Morgan fingerprint density at radius 2 is 2.05 bits per heavy atom. The molecule has 6 nitrogen and oxygen atoms in total.